The molecule has 3 heterocycles. The first-order chi connectivity index (χ1) is 16.6. The summed E-state index contributed by atoms with van der Waals surface area (Å²) in [6.45, 7) is 7.54. The summed E-state index contributed by atoms with van der Waals surface area (Å²) >= 11 is 1.59. The van der Waals surface area contributed by atoms with E-state index < -0.39 is 0 Å². The Morgan fingerprint density at radius 2 is 1.91 bits per heavy atom. The van der Waals surface area contributed by atoms with E-state index in [0.29, 0.717) is 12.2 Å². The van der Waals surface area contributed by atoms with Crippen LogP contribution in [0.4, 0.5) is 17.2 Å². The van der Waals surface area contributed by atoms with Crippen LogP contribution in [0.2, 0.25) is 0 Å². The number of nitrogens with zero attached hydrogens (tertiary/aromatic N) is 3. The monoisotopic (exact) mass is 474 g/mol. The number of anilines is 3. The van der Waals surface area contributed by atoms with Crippen molar-refractivity contribution in [1.29, 1.82) is 0 Å². The highest BCUT2D eigenvalue weighted by Crippen LogP contribution is 2.38. The van der Waals surface area contributed by atoms with Crippen LogP contribution in [0.1, 0.15) is 22.8 Å². The van der Waals surface area contributed by atoms with Gasteiger partial charge in [0.2, 0.25) is 0 Å². The molecule has 0 atom stereocenters. The van der Waals surface area contributed by atoms with Crippen molar-refractivity contribution in [2.75, 3.05) is 43.1 Å². The fourth-order valence-corrected chi connectivity index (χ4v) is 5.06. The zero-order valence-corrected chi connectivity index (χ0v) is 20.0. The van der Waals surface area contributed by atoms with E-state index in [-0.39, 0.29) is 5.97 Å². The summed E-state index contributed by atoms with van der Waals surface area (Å²) in [6, 6.07) is 14.0. The van der Waals surface area contributed by atoms with Gasteiger partial charge in [0.1, 0.15) is 6.33 Å². The van der Waals surface area contributed by atoms with Crippen molar-refractivity contribution in [3.8, 4) is 11.1 Å². The predicted octanol–water partition coefficient (Wildman–Crippen LogP) is 5.42. The lowest BCUT2D eigenvalue weighted by molar-refractivity contribution is 0.0526. The Hall–Kier alpha value is -3.49. The van der Waals surface area contributed by atoms with Crippen molar-refractivity contribution in [3.63, 3.8) is 0 Å². The van der Waals surface area contributed by atoms with E-state index in [9.17, 15) is 4.79 Å². The molecule has 1 aliphatic heterocycles. The molecule has 1 saturated heterocycles. The minimum absolute atomic E-state index is 0.319. The number of hydrogen-bond acceptors (Lipinski definition) is 8. The van der Waals surface area contributed by atoms with Gasteiger partial charge in [0.05, 0.1) is 35.6 Å². The van der Waals surface area contributed by atoms with Gasteiger partial charge < -0.3 is 19.7 Å². The summed E-state index contributed by atoms with van der Waals surface area (Å²) < 4.78 is 11.6. The number of thiophene rings is 1. The molecule has 1 fully saturated rings. The van der Waals surface area contributed by atoms with Crippen LogP contribution in [-0.4, -0.2) is 48.8 Å². The normalized spacial score (nSPS) is 13.8. The van der Waals surface area contributed by atoms with E-state index in [4.69, 9.17) is 9.47 Å². The van der Waals surface area contributed by atoms with E-state index in [1.54, 1.807) is 30.7 Å². The van der Waals surface area contributed by atoms with Crippen molar-refractivity contribution in [3.05, 3.63) is 65.3 Å². The van der Waals surface area contributed by atoms with Gasteiger partial charge in [0, 0.05) is 35.4 Å². The van der Waals surface area contributed by atoms with Gasteiger partial charge in [0.15, 0.2) is 5.82 Å². The maximum atomic E-state index is 12.3. The van der Waals surface area contributed by atoms with Crippen molar-refractivity contribution < 1.29 is 14.3 Å². The molecule has 174 valence electrons. The van der Waals surface area contributed by atoms with Crippen LogP contribution in [0.25, 0.3) is 21.3 Å². The van der Waals surface area contributed by atoms with Crippen LogP contribution in [0.3, 0.4) is 0 Å². The number of benzene rings is 2. The first-order valence-corrected chi connectivity index (χ1v) is 12.2. The lowest BCUT2D eigenvalue weighted by Crippen LogP contribution is -2.36. The number of ether oxygens (including phenoxy) is 2. The zero-order valence-electron chi connectivity index (χ0n) is 19.2. The summed E-state index contributed by atoms with van der Waals surface area (Å²) in [7, 11) is 0. The minimum Gasteiger partial charge on any atom is -0.462 e. The first kappa shape index (κ1) is 22.3. The Morgan fingerprint density at radius 1 is 1.12 bits per heavy atom. The largest absolute Gasteiger partial charge is 0.462 e. The van der Waals surface area contributed by atoms with Crippen molar-refractivity contribution in [1.82, 2.24) is 9.97 Å². The summed E-state index contributed by atoms with van der Waals surface area (Å²) in [6.07, 6.45) is 1.58. The third-order valence-corrected chi connectivity index (χ3v) is 6.87. The molecule has 0 amide bonds. The lowest BCUT2D eigenvalue weighted by atomic mass is 9.99. The van der Waals surface area contributed by atoms with Crippen LogP contribution in [0.5, 0.6) is 0 Å². The van der Waals surface area contributed by atoms with E-state index >= 15 is 0 Å². The molecule has 8 heteroatoms. The minimum atomic E-state index is -0.319. The molecule has 0 unspecified atom stereocenters. The van der Waals surface area contributed by atoms with Crippen LogP contribution in [-0.2, 0) is 9.47 Å². The quantitative estimate of drug-likeness (QED) is 0.374. The van der Waals surface area contributed by atoms with Crippen molar-refractivity contribution in [2.45, 2.75) is 13.8 Å². The van der Waals surface area contributed by atoms with Gasteiger partial charge >= 0.3 is 5.97 Å². The fraction of sp³-hybridized carbons (Fsp3) is 0.269. The fourth-order valence-electron chi connectivity index (χ4n) is 4.10. The Morgan fingerprint density at radius 3 is 2.68 bits per heavy atom. The summed E-state index contributed by atoms with van der Waals surface area (Å²) in [5.41, 5.74) is 6.57. The molecule has 0 spiro atoms. The molecular formula is C26H26N4O3S. The van der Waals surface area contributed by atoms with Gasteiger partial charge in [-0.2, -0.15) is 0 Å². The summed E-state index contributed by atoms with van der Waals surface area (Å²) in [5.74, 6) is 0.445. The average molecular weight is 475 g/mol. The number of nitrogens with one attached hydrogen (secondary N) is 1. The Bertz CT molecular complexity index is 1310. The molecule has 1 N–H and O–H groups in total. The molecule has 2 aromatic heterocycles. The Balaban J connectivity index is 1.43. The SMILES string of the molecule is CCOC(=O)c1ccc(C)c(-c2csc3c(Nc4ccc(N5CCOCC5)cc4)ncnc23)c1. The standard InChI is InChI=1S/C26H26N4O3S/c1-3-33-26(31)18-5-4-17(2)21(14-18)22-15-34-24-23(22)27-16-28-25(24)29-19-6-8-20(9-7-19)30-10-12-32-13-11-30/h4-9,14-16H,3,10-13H2,1-2H3,(H,27,28,29). The smallest absolute Gasteiger partial charge is 0.338 e. The highest BCUT2D eigenvalue weighted by Gasteiger charge is 2.17. The second-order valence-corrected chi connectivity index (χ2v) is 8.95. The molecule has 7 nitrogen and oxygen atoms in total. The molecule has 34 heavy (non-hydrogen) atoms. The first-order valence-electron chi connectivity index (χ1n) is 11.3. The number of hydrogen-bond donors (Lipinski definition) is 1. The van der Waals surface area contributed by atoms with E-state index in [1.807, 2.05) is 19.1 Å². The average Bonchev–Trinajstić information content (AvgIpc) is 3.30. The molecule has 0 aliphatic carbocycles. The lowest BCUT2D eigenvalue weighted by Gasteiger charge is -2.28. The second kappa shape index (κ2) is 9.79. The van der Waals surface area contributed by atoms with Crippen molar-refractivity contribution in [2.24, 2.45) is 0 Å². The van der Waals surface area contributed by atoms with E-state index in [1.165, 1.54) is 5.69 Å². The molecule has 0 radical (unpaired) electrons. The summed E-state index contributed by atoms with van der Waals surface area (Å²) in [4.78, 5) is 23.7. The maximum Gasteiger partial charge on any atom is 0.338 e. The van der Waals surface area contributed by atoms with Gasteiger partial charge in [-0.25, -0.2) is 14.8 Å². The molecule has 2 aromatic carbocycles. The van der Waals surface area contributed by atoms with E-state index in [2.05, 4.69) is 49.8 Å². The number of carbonyl (C=O) groups is 1. The number of rotatable bonds is 6. The van der Waals surface area contributed by atoms with Gasteiger partial charge in [0.25, 0.3) is 0 Å². The zero-order chi connectivity index (χ0) is 23.5. The molecule has 0 saturated carbocycles. The van der Waals surface area contributed by atoms with Crippen LogP contribution < -0.4 is 10.2 Å². The van der Waals surface area contributed by atoms with E-state index in [0.717, 1.165) is 64.7 Å². The number of fused-ring (bicyclic) bond motifs is 1. The topological polar surface area (TPSA) is 76.6 Å². The highest BCUT2D eigenvalue weighted by atomic mass is 32.1. The number of carbonyl (C=O) groups excluding carboxylic acids is 1. The highest BCUT2D eigenvalue weighted by molar-refractivity contribution is 7.18. The predicted molar refractivity (Wildman–Crippen MR) is 136 cm³/mol. The van der Waals surface area contributed by atoms with Gasteiger partial charge in [-0.1, -0.05) is 6.07 Å². The van der Waals surface area contributed by atoms with Crippen molar-refractivity contribution >= 4 is 44.7 Å². The number of morpholine rings is 1. The van der Waals surface area contributed by atoms with Gasteiger partial charge in [-0.05, 0) is 61.4 Å². The summed E-state index contributed by atoms with van der Waals surface area (Å²) in [5, 5.41) is 5.52. The molecular weight excluding hydrogens is 448 g/mol. The second-order valence-electron chi connectivity index (χ2n) is 8.07. The van der Waals surface area contributed by atoms with Gasteiger partial charge in [-0.15, -0.1) is 11.3 Å². The van der Waals surface area contributed by atoms with Crippen LogP contribution >= 0.6 is 11.3 Å². The number of aromatic nitrogens is 2. The third-order valence-electron chi connectivity index (χ3n) is 5.90. The van der Waals surface area contributed by atoms with Gasteiger partial charge in [-0.3, -0.25) is 0 Å². The maximum absolute atomic E-state index is 12.3. The number of aryl methyl sites for hydroxylation is 1. The Kier molecular flexibility index (Phi) is 6.42. The number of esters is 1. The Labute approximate surface area is 202 Å². The van der Waals surface area contributed by atoms with Crippen LogP contribution in [0.15, 0.2) is 54.2 Å². The molecule has 0 bridgehead atoms. The molecule has 1 aliphatic rings. The van der Waals surface area contributed by atoms with Crippen LogP contribution in [0, 0.1) is 6.92 Å². The third kappa shape index (κ3) is 4.47. The molecule has 5 rings (SSSR count). The molecule has 4 aromatic rings.